The minimum absolute atomic E-state index is 0.220. The zero-order valence-corrected chi connectivity index (χ0v) is 11.3. The molecular weight excluding hydrogens is 253 g/mol. The van der Waals surface area contributed by atoms with Crippen LogP contribution in [0.15, 0.2) is 42.5 Å². The summed E-state index contributed by atoms with van der Waals surface area (Å²) >= 11 is 0. The smallest absolute Gasteiger partial charge is 0.123 e. The van der Waals surface area contributed by atoms with Gasteiger partial charge in [0, 0.05) is 13.0 Å². The van der Waals surface area contributed by atoms with Crippen molar-refractivity contribution < 1.29 is 4.39 Å². The van der Waals surface area contributed by atoms with E-state index in [1.54, 1.807) is 12.1 Å². The standard InChI is InChI=1S/C16H16FN3/c1-2-20-14-5-3-4-13(18)16(14)19-15(20)10-11-6-8-12(17)9-7-11/h3-9H,2,10,18H2,1H3. The second-order valence-electron chi connectivity index (χ2n) is 4.79. The lowest BCUT2D eigenvalue weighted by Gasteiger charge is -2.06. The first-order chi connectivity index (χ1) is 9.69. The zero-order valence-electron chi connectivity index (χ0n) is 11.3. The molecule has 0 aliphatic rings. The van der Waals surface area contributed by atoms with Crippen LogP contribution in [0.5, 0.6) is 0 Å². The van der Waals surface area contributed by atoms with Crippen molar-refractivity contribution in [3.05, 3.63) is 59.7 Å². The molecule has 3 rings (SSSR count). The molecule has 20 heavy (non-hydrogen) atoms. The third kappa shape index (κ3) is 2.13. The summed E-state index contributed by atoms with van der Waals surface area (Å²) in [5, 5.41) is 0. The number of nitrogens with two attached hydrogens (primary N) is 1. The van der Waals surface area contributed by atoms with Gasteiger partial charge in [-0.15, -0.1) is 0 Å². The van der Waals surface area contributed by atoms with Crippen molar-refractivity contribution in [2.75, 3.05) is 5.73 Å². The first-order valence-corrected chi connectivity index (χ1v) is 6.67. The summed E-state index contributed by atoms with van der Waals surface area (Å²) in [6, 6.07) is 12.3. The van der Waals surface area contributed by atoms with E-state index in [9.17, 15) is 4.39 Å². The number of fused-ring (bicyclic) bond motifs is 1. The Bertz CT molecular complexity index is 744. The number of anilines is 1. The topological polar surface area (TPSA) is 43.8 Å². The molecule has 0 aliphatic carbocycles. The highest BCUT2D eigenvalue weighted by molar-refractivity contribution is 5.87. The van der Waals surface area contributed by atoms with Crippen LogP contribution < -0.4 is 5.73 Å². The van der Waals surface area contributed by atoms with Crippen molar-refractivity contribution in [2.24, 2.45) is 0 Å². The number of halogens is 1. The lowest BCUT2D eigenvalue weighted by molar-refractivity contribution is 0.627. The Balaban J connectivity index is 2.07. The van der Waals surface area contributed by atoms with Gasteiger partial charge in [-0.05, 0) is 36.8 Å². The number of hydrogen-bond acceptors (Lipinski definition) is 2. The van der Waals surface area contributed by atoms with E-state index in [0.29, 0.717) is 12.1 Å². The van der Waals surface area contributed by atoms with E-state index in [2.05, 4.69) is 16.5 Å². The molecule has 0 spiro atoms. The summed E-state index contributed by atoms with van der Waals surface area (Å²) < 4.78 is 15.1. The number of para-hydroxylation sites is 1. The Morgan fingerprint density at radius 2 is 1.90 bits per heavy atom. The maximum atomic E-state index is 13.0. The van der Waals surface area contributed by atoms with Gasteiger partial charge in [-0.2, -0.15) is 0 Å². The first-order valence-electron chi connectivity index (χ1n) is 6.67. The summed E-state index contributed by atoms with van der Waals surface area (Å²) in [6.45, 7) is 2.91. The summed E-state index contributed by atoms with van der Waals surface area (Å²) in [5.74, 6) is 0.731. The number of benzene rings is 2. The average molecular weight is 269 g/mol. The second-order valence-corrected chi connectivity index (χ2v) is 4.79. The highest BCUT2D eigenvalue weighted by Crippen LogP contribution is 2.23. The number of aromatic nitrogens is 2. The number of nitrogen functional groups attached to an aromatic ring is 1. The predicted octanol–water partition coefficient (Wildman–Crippen LogP) is 3.37. The Kier molecular flexibility index (Phi) is 3.14. The summed E-state index contributed by atoms with van der Waals surface area (Å²) in [5.41, 5.74) is 9.59. The maximum Gasteiger partial charge on any atom is 0.123 e. The van der Waals surface area contributed by atoms with Crippen molar-refractivity contribution in [1.29, 1.82) is 0 Å². The lowest BCUT2D eigenvalue weighted by Crippen LogP contribution is -2.02. The molecule has 0 fully saturated rings. The molecule has 0 unspecified atom stereocenters. The highest BCUT2D eigenvalue weighted by Gasteiger charge is 2.11. The largest absolute Gasteiger partial charge is 0.397 e. The van der Waals surface area contributed by atoms with Crippen LogP contribution in [-0.4, -0.2) is 9.55 Å². The maximum absolute atomic E-state index is 13.0. The zero-order chi connectivity index (χ0) is 14.1. The molecule has 1 heterocycles. The predicted molar refractivity (Wildman–Crippen MR) is 79.0 cm³/mol. The van der Waals surface area contributed by atoms with Crippen LogP contribution in [0.1, 0.15) is 18.3 Å². The van der Waals surface area contributed by atoms with Gasteiger partial charge in [0.2, 0.25) is 0 Å². The third-order valence-electron chi connectivity index (χ3n) is 3.48. The quantitative estimate of drug-likeness (QED) is 0.741. The van der Waals surface area contributed by atoms with Crippen LogP contribution in [-0.2, 0) is 13.0 Å². The third-order valence-corrected chi connectivity index (χ3v) is 3.48. The molecule has 0 saturated heterocycles. The number of aryl methyl sites for hydroxylation is 1. The summed E-state index contributed by atoms with van der Waals surface area (Å²) in [7, 11) is 0. The van der Waals surface area contributed by atoms with E-state index >= 15 is 0 Å². The van der Waals surface area contributed by atoms with Gasteiger partial charge < -0.3 is 10.3 Å². The van der Waals surface area contributed by atoms with Crippen LogP contribution in [0.2, 0.25) is 0 Å². The van der Waals surface area contributed by atoms with E-state index in [0.717, 1.165) is 29.0 Å². The van der Waals surface area contributed by atoms with Gasteiger partial charge >= 0.3 is 0 Å². The van der Waals surface area contributed by atoms with Gasteiger partial charge in [0.15, 0.2) is 0 Å². The Morgan fingerprint density at radius 1 is 1.15 bits per heavy atom. The minimum atomic E-state index is -0.220. The van der Waals surface area contributed by atoms with E-state index in [1.807, 2.05) is 18.2 Å². The number of hydrogen-bond donors (Lipinski definition) is 1. The lowest BCUT2D eigenvalue weighted by atomic mass is 10.1. The van der Waals surface area contributed by atoms with Gasteiger partial charge in [-0.3, -0.25) is 0 Å². The van der Waals surface area contributed by atoms with E-state index in [4.69, 9.17) is 5.73 Å². The normalized spacial score (nSPS) is 11.1. The van der Waals surface area contributed by atoms with E-state index in [-0.39, 0.29) is 5.82 Å². The molecular formula is C16H16FN3. The summed E-state index contributed by atoms with van der Waals surface area (Å²) in [6.07, 6.45) is 0.669. The van der Waals surface area contributed by atoms with Crippen LogP contribution in [0.4, 0.5) is 10.1 Å². The van der Waals surface area contributed by atoms with Crippen LogP contribution >= 0.6 is 0 Å². The fourth-order valence-corrected chi connectivity index (χ4v) is 2.49. The Hall–Kier alpha value is -2.36. The Morgan fingerprint density at radius 3 is 2.60 bits per heavy atom. The monoisotopic (exact) mass is 269 g/mol. The van der Waals surface area contributed by atoms with Gasteiger partial charge in [0.25, 0.3) is 0 Å². The molecule has 102 valence electrons. The van der Waals surface area contributed by atoms with Gasteiger partial charge in [0.05, 0.1) is 11.2 Å². The number of rotatable bonds is 3. The molecule has 3 aromatic rings. The van der Waals surface area contributed by atoms with Crippen molar-refractivity contribution in [3.8, 4) is 0 Å². The SMILES string of the molecule is CCn1c(Cc2ccc(F)cc2)nc2c(N)cccc21. The highest BCUT2D eigenvalue weighted by atomic mass is 19.1. The van der Waals surface area contributed by atoms with Crippen LogP contribution in [0, 0.1) is 5.82 Å². The van der Waals surface area contributed by atoms with Crippen molar-refractivity contribution >= 4 is 16.7 Å². The molecule has 0 radical (unpaired) electrons. The average Bonchev–Trinajstić information content (AvgIpc) is 2.80. The number of imidazole rings is 1. The molecule has 1 aromatic heterocycles. The van der Waals surface area contributed by atoms with Crippen LogP contribution in [0.3, 0.4) is 0 Å². The van der Waals surface area contributed by atoms with E-state index in [1.165, 1.54) is 12.1 Å². The molecule has 3 nitrogen and oxygen atoms in total. The minimum Gasteiger partial charge on any atom is -0.397 e. The number of nitrogens with zero attached hydrogens (tertiary/aromatic N) is 2. The van der Waals surface area contributed by atoms with Crippen molar-refractivity contribution in [3.63, 3.8) is 0 Å². The van der Waals surface area contributed by atoms with Crippen molar-refractivity contribution in [2.45, 2.75) is 19.9 Å². The molecule has 2 N–H and O–H groups in total. The second kappa shape index (κ2) is 4.96. The van der Waals surface area contributed by atoms with Gasteiger partial charge in [0.1, 0.15) is 17.2 Å². The van der Waals surface area contributed by atoms with Crippen molar-refractivity contribution in [1.82, 2.24) is 9.55 Å². The van der Waals surface area contributed by atoms with Gasteiger partial charge in [-0.25, -0.2) is 9.37 Å². The molecule has 4 heteroatoms. The molecule has 0 saturated carbocycles. The van der Waals surface area contributed by atoms with E-state index < -0.39 is 0 Å². The molecule has 0 bridgehead atoms. The van der Waals surface area contributed by atoms with Crippen LogP contribution in [0.25, 0.3) is 11.0 Å². The fraction of sp³-hybridized carbons (Fsp3) is 0.188. The first kappa shape index (κ1) is 12.7. The molecule has 0 amide bonds. The molecule has 2 aromatic carbocycles. The summed E-state index contributed by atoms with van der Waals surface area (Å²) in [4.78, 5) is 4.64. The Labute approximate surface area is 116 Å². The van der Waals surface area contributed by atoms with Gasteiger partial charge in [-0.1, -0.05) is 18.2 Å². The molecule has 0 atom stereocenters. The fourth-order valence-electron chi connectivity index (χ4n) is 2.49. The molecule has 0 aliphatic heterocycles.